The first-order valence-electron chi connectivity index (χ1n) is 7.09. The van der Waals surface area contributed by atoms with Crippen LogP contribution in [0.3, 0.4) is 0 Å². The van der Waals surface area contributed by atoms with Gasteiger partial charge in [-0.2, -0.15) is 5.10 Å². The molecule has 0 unspecified atom stereocenters. The van der Waals surface area contributed by atoms with Crippen LogP contribution in [-0.2, 0) is 18.4 Å². The topological polar surface area (TPSA) is 50.2 Å². The maximum Gasteiger partial charge on any atom is 0.238 e. The smallest absolute Gasteiger partial charge is 0.238 e. The number of carbonyl (C=O) groups excluding carboxylic acids is 1. The number of rotatable bonds is 5. The van der Waals surface area contributed by atoms with Gasteiger partial charge in [-0.05, 0) is 38.6 Å². The molecule has 0 radical (unpaired) electrons. The van der Waals surface area contributed by atoms with Crippen molar-refractivity contribution in [1.29, 1.82) is 0 Å². The molecule has 1 amide bonds. The van der Waals surface area contributed by atoms with E-state index in [4.69, 9.17) is 11.6 Å². The van der Waals surface area contributed by atoms with E-state index in [1.165, 1.54) is 0 Å². The SMILES string of the molecule is Cc1ccc(Cl)cc1NC(=O)CN(C)Cc1cnn(C)c1C. The Morgan fingerprint density at radius 3 is 2.77 bits per heavy atom. The molecule has 1 aromatic carbocycles. The van der Waals surface area contributed by atoms with Crippen LogP contribution in [0.25, 0.3) is 0 Å². The van der Waals surface area contributed by atoms with Crippen molar-refractivity contribution in [3.05, 3.63) is 46.2 Å². The number of aromatic nitrogens is 2. The maximum absolute atomic E-state index is 12.2. The molecule has 0 bridgehead atoms. The van der Waals surface area contributed by atoms with Crippen LogP contribution in [0, 0.1) is 13.8 Å². The van der Waals surface area contributed by atoms with Crippen molar-refractivity contribution < 1.29 is 4.79 Å². The van der Waals surface area contributed by atoms with E-state index in [-0.39, 0.29) is 5.91 Å². The molecule has 0 aliphatic heterocycles. The molecule has 0 saturated heterocycles. The number of benzene rings is 1. The van der Waals surface area contributed by atoms with Crippen molar-refractivity contribution >= 4 is 23.2 Å². The largest absolute Gasteiger partial charge is 0.325 e. The first-order valence-corrected chi connectivity index (χ1v) is 7.46. The fourth-order valence-electron chi connectivity index (χ4n) is 2.21. The number of amides is 1. The van der Waals surface area contributed by atoms with Crippen molar-refractivity contribution in [2.45, 2.75) is 20.4 Å². The number of aryl methyl sites for hydroxylation is 2. The Labute approximate surface area is 135 Å². The molecule has 118 valence electrons. The first-order chi connectivity index (χ1) is 10.4. The molecule has 5 nitrogen and oxygen atoms in total. The molecule has 0 saturated carbocycles. The van der Waals surface area contributed by atoms with Crippen molar-refractivity contribution in [2.24, 2.45) is 7.05 Å². The van der Waals surface area contributed by atoms with Gasteiger partial charge in [0.05, 0.1) is 12.7 Å². The predicted molar refractivity (Wildman–Crippen MR) is 89.1 cm³/mol. The van der Waals surface area contributed by atoms with Crippen molar-refractivity contribution in [3.63, 3.8) is 0 Å². The summed E-state index contributed by atoms with van der Waals surface area (Å²) in [5.74, 6) is -0.0607. The molecular weight excluding hydrogens is 300 g/mol. The molecule has 0 spiro atoms. The van der Waals surface area contributed by atoms with Crippen LogP contribution in [0.2, 0.25) is 5.02 Å². The molecular formula is C16H21ClN4O. The third-order valence-electron chi connectivity index (χ3n) is 3.66. The summed E-state index contributed by atoms with van der Waals surface area (Å²) < 4.78 is 1.83. The number of hydrogen-bond acceptors (Lipinski definition) is 3. The lowest BCUT2D eigenvalue weighted by molar-refractivity contribution is -0.117. The van der Waals surface area contributed by atoms with Gasteiger partial charge in [0.2, 0.25) is 5.91 Å². The lowest BCUT2D eigenvalue weighted by Gasteiger charge is -2.16. The van der Waals surface area contributed by atoms with Gasteiger partial charge in [-0.3, -0.25) is 14.4 Å². The van der Waals surface area contributed by atoms with Crippen LogP contribution in [-0.4, -0.2) is 34.2 Å². The number of likely N-dealkylation sites (N-methyl/N-ethyl adjacent to an activating group) is 1. The normalized spacial score (nSPS) is 11.0. The summed E-state index contributed by atoms with van der Waals surface area (Å²) in [5.41, 5.74) is 3.97. The predicted octanol–water partition coefficient (Wildman–Crippen LogP) is 2.76. The van der Waals surface area contributed by atoms with Gasteiger partial charge in [0.15, 0.2) is 0 Å². The zero-order valence-electron chi connectivity index (χ0n) is 13.4. The molecule has 22 heavy (non-hydrogen) atoms. The lowest BCUT2D eigenvalue weighted by Crippen LogP contribution is -2.30. The number of anilines is 1. The fourth-order valence-corrected chi connectivity index (χ4v) is 2.38. The first kappa shape index (κ1) is 16.5. The number of halogens is 1. The van der Waals surface area contributed by atoms with Gasteiger partial charge in [-0.15, -0.1) is 0 Å². The summed E-state index contributed by atoms with van der Waals surface area (Å²) in [6, 6.07) is 5.46. The van der Waals surface area contributed by atoms with E-state index in [1.807, 2.05) is 55.9 Å². The summed E-state index contributed by atoms with van der Waals surface area (Å²) in [7, 11) is 3.82. The fraction of sp³-hybridized carbons (Fsp3) is 0.375. The summed E-state index contributed by atoms with van der Waals surface area (Å²) in [4.78, 5) is 14.1. The molecule has 0 atom stereocenters. The molecule has 0 aliphatic rings. The minimum atomic E-state index is -0.0607. The molecule has 2 rings (SSSR count). The second kappa shape index (κ2) is 6.94. The number of hydrogen-bond donors (Lipinski definition) is 1. The average molecular weight is 321 g/mol. The number of nitrogens with one attached hydrogen (secondary N) is 1. The van der Waals surface area contributed by atoms with Crippen LogP contribution in [0.4, 0.5) is 5.69 Å². The standard InChI is InChI=1S/C16H21ClN4O/c1-11-5-6-14(17)7-15(11)19-16(22)10-20(3)9-13-8-18-21(4)12(13)2/h5-8H,9-10H2,1-4H3,(H,19,22). The lowest BCUT2D eigenvalue weighted by atomic mass is 10.2. The third-order valence-corrected chi connectivity index (χ3v) is 3.90. The van der Waals surface area contributed by atoms with Gasteiger partial charge in [0.25, 0.3) is 0 Å². The van der Waals surface area contributed by atoms with Gasteiger partial charge in [-0.25, -0.2) is 0 Å². The minimum Gasteiger partial charge on any atom is -0.325 e. The van der Waals surface area contributed by atoms with E-state index in [1.54, 1.807) is 6.07 Å². The van der Waals surface area contributed by atoms with Crippen molar-refractivity contribution in [3.8, 4) is 0 Å². The highest BCUT2D eigenvalue weighted by molar-refractivity contribution is 6.31. The highest BCUT2D eigenvalue weighted by Gasteiger charge is 2.11. The van der Waals surface area contributed by atoms with Crippen LogP contribution < -0.4 is 5.32 Å². The van der Waals surface area contributed by atoms with Gasteiger partial charge >= 0.3 is 0 Å². The number of nitrogens with zero attached hydrogens (tertiary/aromatic N) is 3. The van der Waals surface area contributed by atoms with E-state index in [0.29, 0.717) is 18.1 Å². The van der Waals surface area contributed by atoms with Crippen LogP contribution in [0.5, 0.6) is 0 Å². The van der Waals surface area contributed by atoms with Crippen LogP contribution >= 0.6 is 11.6 Å². The Hall–Kier alpha value is -1.85. The highest BCUT2D eigenvalue weighted by Crippen LogP contribution is 2.20. The van der Waals surface area contributed by atoms with E-state index < -0.39 is 0 Å². The Bertz CT molecular complexity index is 681. The maximum atomic E-state index is 12.2. The van der Waals surface area contributed by atoms with E-state index in [9.17, 15) is 4.79 Å². The van der Waals surface area contributed by atoms with Gasteiger partial charge in [0.1, 0.15) is 0 Å². The summed E-state index contributed by atoms with van der Waals surface area (Å²) in [6.07, 6.45) is 1.84. The van der Waals surface area contributed by atoms with Gasteiger partial charge < -0.3 is 5.32 Å². The highest BCUT2D eigenvalue weighted by atomic mass is 35.5. The molecule has 1 aromatic heterocycles. The molecule has 6 heteroatoms. The van der Waals surface area contributed by atoms with Gasteiger partial charge in [-0.1, -0.05) is 17.7 Å². The third kappa shape index (κ3) is 4.08. The van der Waals surface area contributed by atoms with Gasteiger partial charge in [0, 0.05) is 35.6 Å². The second-order valence-corrected chi connectivity index (χ2v) is 5.99. The number of carbonyl (C=O) groups is 1. The second-order valence-electron chi connectivity index (χ2n) is 5.56. The average Bonchev–Trinajstić information content (AvgIpc) is 2.74. The zero-order chi connectivity index (χ0) is 16.3. The molecule has 1 N–H and O–H groups in total. The summed E-state index contributed by atoms with van der Waals surface area (Å²) in [6.45, 7) is 4.95. The van der Waals surface area contributed by atoms with Crippen LogP contribution in [0.1, 0.15) is 16.8 Å². The van der Waals surface area contributed by atoms with E-state index in [2.05, 4.69) is 10.4 Å². The molecule has 2 aromatic rings. The Morgan fingerprint density at radius 1 is 1.41 bits per heavy atom. The Balaban J connectivity index is 1.94. The van der Waals surface area contributed by atoms with E-state index >= 15 is 0 Å². The molecule has 0 aliphatic carbocycles. The summed E-state index contributed by atoms with van der Waals surface area (Å²) >= 11 is 5.96. The minimum absolute atomic E-state index is 0.0607. The summed E-state index contributed by atoms with van der Waals surface area (Å²) in [5, 5.41) is 7.73. The zero-order valence-corrected chi connectivity index (χ0v) is 14.1. The van der Waals surface area contributed by atoms with Crippen molar-refractivity contribution in [1.82, 2.24) is 14.7 Å². The Morgan fingerprint density at radius 2 is 2.14 bits per heavy atom. The Kier molecular flexibility index (Phi) is 5.21. The molecule has 1 heterocycles. The van der Waals surface area contributed by atoms with E-state index in [0.717, 1.165) is 22.5 Å². The van der Waals surface area contributed by atoms with Crippen molar-refractivity contribution in [2.75, 3.05) is 18.9 Å². The molecule has 0 fully saturated rings. The quantitative estimate of drug-likeness (QED) is 0.921. The van der Waals surface area contributed by atoms with Crippen LogP contribution in [0.15, 0.2) is 24.4 Å². The monoisotopic (exact) mass is 320 g/mol.